The maximum atomic E-state index is 13.3. The number of carbonyl (C=O) groups is 2. The van der Waals surface area contributed by atoms with E-state index < -0.39 is 5.97 Å². The third-order valence-corrected chi connectivity index (χ3v) is 5.39. The highest BCUT2D eigenvalue weighted by Gasteiger charge is 2.22. The Bertz CT molecular complexity index is 1240. The number of ether oxygens (including phenoxy) is 2. The molecular weight excluding hydrogens is 418 g/mol. The summed E-state index contributed by atoms with van der Waals surface area (Å²) in [6.45, 7) is 1.94. The molecule has 0 amide bonds. The summed E-state index contributed by atoms with van der Waals surface area (Å²) in [7, 11) is 1.57. The molecule has 31 heavy (non-hydrogen) atoms. The van der Waals surface area contributed by atoms with Gasteiger partial charge in [0, 0.05) is 27.2 Å². The van der Waals surface area contributed by atoms with E-state index in [1.165, 1.54) is 12.5 Å². The Morgan fingerprint density at radius 3 is 2.55 bits per heavy atom. The highest BCUT2D eigenvalue weighted by molar-refractivity contribution is 6.30. The van der Waals surface area contributed by atoms with E-state index in [0.29, 0.717) is 33.1 Å². The van der Waals surface area contributed by atoms with Crippen molar-refractivity contribution >= 4 is 34.4 Å². The molecule has 0 aliphatic carbocycles. The molecule has 0 atom stereocenters. The van der Waals surface area contributed by atoms with Gasteiger partial charge in [-0.25, -0.2) is 0 Å². The summed E-state index contributed by atoms with van der Waals surface area (Å²) in [4.78, 5) is 25.8. The number of esters is 1. The van der Waals surface area contributed by atoms with Gasteiger partial charge in [-0.05, 0) is 61.0 Å². The molecule has 0 aliphatic rings. The van der Waals surface area contributed by atoms with E-state index in [1.807, 2.05) is 19.1 Å². The number of fused-ring (bicyclic) bond motifs is 1. The number of hydrogen-bond acceptors (Lipinski definition) is 5. The van der Waals surface area contributed by atoms with Crippen LogP contribution in [0.2, 0.25) is 5.02 Å². The first-order valence-corrected chi connectivity index (χ1v) is 10.0. The smallest absolute Gasteiger partial charge is 0.310 e. The Balaban J connectivity index is 1.72. The predicted molar refractivity (Wildman–Crippen MR) is 117 cm³/mol. The quantitative estimate of drug-likeness (QED) is 0.389. The maximum Gasteiger partial charge on any atom is 0.310 e. The van der Waals surface area contributed by atoms with Gasteiger partial charge in [-0.15, -0.1) is 0 Å². The van der Waals surface area contributed by atoms with E-state index >= 15 is 0 Å². The van der Waals surface area contributed by atoms with Crippen molar-refractivity contribution in [2.45, 2.75) is 20.0 Å². The SMILES string of the molecule is COc1ccc2c(c1)c(CC(=O)OCc1ccoc1)c(C)n2C(=O)c1ccc(Cl)cc1. The van der Waals surface area contributed by atoms with Crippen LogP contribution in [0.25, 0.3) is 10.9 Å². The minimum atomic E-state index is -0.398. The van der Waals surface area contributed by atoms with Crippen LogP contribution in [0.4, 0.5) is 0 Å². The predicted octanol–water partition coefficient (Wildman–Crippen LogP) is 5.18. The van der Waals surface area contributed by atoms with E-state index in [-0.39, 0.29) is 18.9 Å². The second-order valence-electron chi connectivity index (χ2n) is 7.06. The molecule has 0 saturated carbocycles. The summed E-state index contributed by atoms with van der Waals surface area (Å²) in [6.07, 6.45) is 3.07. The average molecular weight is 438 g/mol. The second-order valence-corrected chi connectivity index (χ2v) is 7.50. The average Bonchev–Trinajstić information content (AvgIpc) is 3.39. The van der Waals surface area contributed by atoms with Crippen molar-refractivity contribution in [1.82, 2.24) is 4.57 Å². The van der Waals surface area contributed by atoms with Crippen molar-refractivity contribution in [1.29, 1.82) is 0 Å². The van der Waals surface area contributed by atoms with Gasteiger partial charge in [-0.1, -0.05) is 11.6 Å². The van der Waals surface area contributed by atoms with Gasteiger partial charge in [-0.3, -0.25) is 14.2 Å². The summed E-state index contributed by atoms with van der Waals surface area (Å²) in [5.41, 5.74) is 3.34. The lowest BCUT2D eigenvalue weighted by atomic mass is 10.1. The Labute approximate surface area is 183 Å². The molecular formula is C24H20ClNO5. The molecule has 0 unspecified atom stereocenters. The first-order chi connectivity index (χ1) is 15.0. The number of hydrogen-bond donors (Lipinski definition) is 0. The van der Waals surface area contributed by atoms with Crippen LogP contribution in [0, 0.1) is 6.92 Å². The molecule has 0 aliphatic heterocycles. The fourth-order valence-corrected chi connectivity index (χ4v) is 3.66. The minimum Gasteiger partial charge on any atom is -0.497 e. The van der Waals surface area contributed by atoms with Crippen LogP contribution in [-0.4, -0.2) is 23.6 Å². The van der Waals surface area contributed by atoms with E-state index in [9.17, 15) is 9.59 Å². The number of benzene rings is 2. The lowest BCUT2D eigenvalue weighted by Gasteiger charge is -2.08. The van der Waals surface area contributed by atoms with Crippen LogP contribution in [0.1, 0.15) is 27.2 Å². The van der Waals surface area contributed by atoms with Crippen molar-refractivity contribution < 1.29 is 23.5 Å². The first-order valence-electron chi connectivity index (χ1n) is 9.63. The molecule has 0 N–H and O–H groups in total. The molecule has 2 aromatic heterocycles. The van der Waals surface area contributed by atoms with Crippen molar-refractivity contribution in [3.8, 4) is 5.75 Å². The van der Waals surface area contributed by atoms with Gasteiger partial charge in [-0.2, -0.15) is 0 Å². The van der Waals surface area contributed by atoms with E-state index in [2.05, 4.69) is 0 Å². The summed E-state index contributed by atoms with van der Waals surface area (Å²) in [5, 5.41) is 1.32. The summed E-state index contributed by atoms with van der Waals surface area (Å²) >= 11 is 5.96. The number of halogens is 1. The standard InChI is InChI=1S/C24H20ClNO5/c1-15-20(12-23(27)31-14-16-9-10-30-13-16)21-11-19(29-2)7-8-22(21)26(15)24(28)17-3-5-18(25)6-4-17/h3-11,13H,12,14H2,1-2H3. The normalized spacial score (nSPS) is 10.9. The molecule has 0 fully saturated rings. The third kappa shape index (κ3) is 4.20. The Morgan fingerprint density at radius 2 is 1.87 bits per heavy atom. The number of methoxy groups -OCH3 is 1. The third-order valence-electron chi connectivity index (χ3n) is 5.14. The molecule has 158 valence electrons. The van der Waals surface area contributed by atoms with Crippen LogP contribution in [0.15, 0.2) is 65.5 Å². The highest BCUT2D eigenvalue weighted by atomic mass is 35.5. The van der Waals surface area contributed by atoms with Gasteiger partial charge in [0.05, 0.1) is 31.6 Å². The number of aromatic nitrogens is 1. The zero-order valence-corrected chi connectivity index (χ0v) is 17.8. The first kappa shape index (κ1) is 20.8. The Morgan fingerprint density at radius 1 is 1.10 bits per heavy atom. The van der Waals surface area contributed by atoms with E-state index in [0.717, 1.165) is 10.9 Å². The van der Waals surface area contributed by atoms with E-state index in [4.69, 9.17) is 25.5 Å². The monoisotopic (exact) mass is 437 g/mol. The summed E-state index contributed by atoms with van der Waals surface area (Å²) in [5.74, 6) is 0.0315. The zero-order chi connectivity index (χ0) is 22.0. The lowest BCUT2D eigenvalue weighted by molar-refractivity contribution is -0.144. The number of furan rings is 1. The molecule has 2 heterocycles. The van der Waals surface area contributed by atoms with Gasteiger partial charge in [0.1, 0.15) is 12.4 Å². The molecule has 2 aromatic carbocycles. The van der Waals surface area contributed by atoms with Crippen LogP contribution in [-0.2, 0) is 22.6 Å². The maximum absolute atomic E-state index is 13.3. The highest BCUT2D eigenvalue weighted by Crippen LogP contribution is 2.31. The van der Waals surface area contributed by atoms with Crippen molar-refractivity contribution in [2.75, 3.05) is 7.11 Å². The van der Waals surface area contributed by atoms with Gasteiger partial charge < -0.3 is 13.9 Å². The molecule has 6 nitrogen and oxygen atoms in total. The summed E-state index contributed by atoms with van der Waals surface area (Å²) in [6, 6.07) is 13.9. The van der Waals surface area contributed by atoms with Crippen LogP contribution >= 0.6 is 11.6 Å². The molecule has 4 aromatic rings. The van der Waals surface area contributed by atoms with E-state index in [1.54, 1.807) is 48.1 Å². The zero-order valence-electron chi connectivity index (χ0n) is 17.1. The van der Waals surface area contributed by atoms with Gasteiger partial charge in [0.25, 0.3) is 5.91 Å². The van der Waals surface area contributed by atoms with Crippen molar-refractivity contribution in [3.63, 3.8) is 0 Å². The topological polar surface area (TPSA) is 70.7 Å². The molecule has 0 radical (unpaired) electrons. The molecule has 7 heteroatoms. The number of nitrogens with zero attached hydrogens (tertiary/aromatic N) is 1. The number of rotatable bonds is 6. The lowest BCUT2D eigenvalue weighted by Crippen LogP contribution is -2.14. The Hall–Kier alpha value is -3.51. The van der Waals surface area contributed by atoms with Gasteiger partial charge in [0.15, 0.2) is 0 Å². The minimum absolute atomic E-state index is 0.0221. The Kier molecular flexibility index (Phi) is 5.82. The van der Waals surface area contributed by atoms with Crippen LogP contribution in [0.5, 0.6) is 5.75 Å². The fourth-order valence-electron chi connectivity index (χ4n) is 3.53. The fraction of sp³-hybridized carbons (Fsp3) is 0.167. The van der Waals surface area contributed by atoms with Gasteiger partial charge in [0.2, 0.25) is 0 Å². The second kappa shape index (κ2) is 8.70. The van der Waals surface area contributed by atoms with Crippen LogP contribution < -0.4 is 4.74 Å². The number of carbonyl (C=O) groups excluding carboxylic acids is 2. The molecule has 0 saturated heterocycles. The molecule has 4 rings (SSSR count). The van der Waals surface area contributed by atoms with Crippen LogP contribution in [0.3, 0.4) is 0 Å². The van der Waals surface area contributed by atoms with Gasteiger partial charge >= 0.3 is 5.97 Å². The molecule has 0 spiro atoms. The largest absolute Gasteiger partial charge is 0.497 e. The molecule has 0 bridgehead atoms. The van der Waals surface area contributed by atoms with Crippen molar-refractivity contribution in [3.05, 3.63) is 88.5 Å². The van der Waals surface area contributed by atoms with Crippen molar-refractivity contribution in [2.24, 2.45) is 0 Å². The summed E-state index contributed by atoms with van der Waals surface area (Å²) < 4.78 is 17.3.